The molecule has 1 N–H and O–H groups in total. The molecule has 0 bridgehead atoms. The van der Waals surface area contributed by atoms with Gasteiger partial charge in [-0.25, -0.2) is 9.95 Å². The van der Waals surface area contributed by atoms with E-state index in [0.717, 1.165) is 24.3 Å². The van der Waals surface area contributed by atoms with Crippen molar-refractivity contribution in [3.63, 3.8) is 0 Å². The van der Waals surface area contributed by atoms with E-state index in [1.807, 2.05) is 18.2 Å². The number of aromatic nitrogens is 1. The minimum Gasteiger partial charge on any atom is -0.338 e. The van der Waals surface area contributed by atoms with Crippen LogP contribution in [0.5, 0.6) is 0 Å². The molecule has 1 aliphatic rings. The Morgan fingerprint density at radius 1 is 1.25 bits per heavy atom. The lowest BCUT2D eigenvalue weighted by Gasteiger charge is -2.14. The number of nitrogens with one attached hydrogen (secondary N) is 1. The molecule has 0 aliphatic carbocycles. The highest BCUT2D eigenvalue weighted by atomic mass is 16.5. The first kappa shape index (κ1) is 9.42. The topological polar surface area (TPSA) is 49.2 Å². The summed E-state index contributed by atoms with van der Waals surface area (Å²) in [7, 11) is 0. The Hall–Kier alpha value is -1.81. The van der Waals surface area contributed by atoms with Gasteiger partial charge in [0.15, 0.2) is 0 Å². The van der Waals surface area contributed by atoms with Crippen molar-refractivity contribution in [3.05, 3.63) is 57.6 Å². The lowest BCUT2D eigenvalue weighted by molar-refractivity contribution is 0.256. The maximum Gasteiger partial charge on any atom is 0.362 e. The molecular formula is C12H12N2O2. The van der Waals surface area contributed by atoms with Crippen LogP contribution in [0, 0.1) is 0 Å². The smallest absolute Gasteiger partial charge is 0.338 e. The Morgan fingerprint density at radius 2 is 2.06 bits per heavy atom. The molecule has 0 spiro atoms. The zero-order valence-corrected chi connectivity index (χ0v) is 8.77. The Labute approximate surface area is 92.5 Å². The monoisotopic (exact) mass is 216 g/mol. The molecule has 0 atom stereocenters. The number of hydrogen-bond acceptors (Lipinski definition) is 3. The van der Waals surface area contributed by atoms with Gasteiger partial charge in [-0.15, -0.1) is 0 Å². The molecule has 3 rings (SSSR count). The van der Waals surface area contributed by atoms with Gasteiger partial charge in [-0.05, 0) is 5.56 Å². The normalized spacial score (nSPS) is 15.2. The van der Waals surface area contributed by atoms with E-state index in [1.165, 1.54) is 5.56 Å². The minimum atomic E-state index is -0.231. The zero-order valence-electron chi connectivity index (χ0n) is 8.77. The van der Waals surface area contributed by atoms with Crippen LogP contribution in [0.15, 0.2) is 39.6 Å². The molecule has 0 radical (unpaired) electrons. The summed E-state index contributed by atoms with van der Waals surface area (Å²) in [5, 5.41) is 2.67. The second-order valence-corrected chi connectivity index (χ2v) is 4.08. The van der Waals surface area contributed by atoms with Crippen molar-refractivity contribution in [2.75, 3.05) is 0 Å². The zero-order chi connectivity index (χ0) is 11.0. The van der Waals surface area contributed by atoms with Crippen LogP contribution < -0.4 is 5.63 Å². The highest BCUT2D eigenvalue weighted by Gasteiger charge is 2.24. The molecule has 0 saturated carbocycles. The number of nitrogens with zero attached hydrogens (tertiary/aromatic N) is 1. The van der Waals surface area contributed by atoms with Gasteiger partial charge in [0.2, 0.25) is 0 Å². The quantitative estimate of drug-likeness (QED) is 0.827. The highest BCUT2D eigenvalue weighted by molar-refractivity contribution is 5.21. The van der Waals surface area contributed by atoms with Crippen LogP contribution in [-0.4, -0.2) is 10.1 Å². The number of rotatable bonds is 2. The molecule has 0 fully saturated rings. The van der Waals surface area contributed by atoms with Gasteiger partial charge in [0.25, 0.3) is 0 Å². The first-order chi connectivity index (χ1) is 7.83. The number of benzene rings is 1. The van der Waals surface area contributed by atoms with Crippen molar-refractivity contribution in [1.82, 2.24) is 10.1 Å². The van der Waals surface area contributed by atoms with Gasteiger partial charge in [0.05, 0.1) is 11.3 Å². The summed E-state index contributed by atoms with van der Waals surface area (Å²) in [6.07, 6.45) is 0. The van der Waals surface area contributed by atoms with E-state index in [9.17, 15) is 4.79 Å². The standard InChI is InChI=1S/C12H12N2O2/c15-12-10-7-14(8-11(10)13-16-12)6-9-4-2-1-3-5-9/h1-5,13H,6-8H2. The average Bonchev–Trinajstić information content (AvgIpc) is 2.83. The molecule has 82 valence electrons. The summed E-state index contributed by atoms with van der Waals surface area (Å²) >= 11 is 0. The van der Waals surface area contributed by atoms with E-state index < -0.39 is 0 Å². The molecule has 0 unspecified atom stereocenters. The fraction of sp³-hybridized carbons (Fsp3) is 0.250. The van der Waals surface area contributed by atoms with Gasteiger partial charge in [-0.3, -0.25) is 4.90 Å². The maximum absolute atomic E-state index is 11.3. The number of aromatic amines is 1. The summed E-state index contributed by atoms with van der Waals surface area (Å²) in [6, 6.07) is 10.2. The first-order valence-corrected chi connectivity index (χ1v) is 5.28. The molecule has 1 aromatic carbocycles. The van der Waals surface area contributed by atoms with E-state index in [0.29, 0.717) is 6.54 Å². The molecule has 16 heavy (non-hydrogen) atoms. The van der Waals surface area contributed by atoms with E-state index in [2.05, 4.69) is 22.2 Å². The molecule has 4 nitrogen and oxygen atoms in total. The van der Waals surface area contributed by atoms with E-state index in [4.69, 9.17) is 4.52 Å². The van der Waals surface area contributed by atoms with E-state index in [-0.39, 0.29) is 5.63 Å². The van der Waals surface area contributed by atoms with Crippen LogP contribution in [0.1, 0.15) is 16.8 Å². The third-order valence-corrected chi connectivity index (χ3v) is 2.89. The molecule has 0 amide bonds. The fourth-order valence-electron chi connectivity index (χ4n) is 2.10. The summed E-state index contributed by atoms with van der Waals surface area (Å²) in [5.41, 5.74) is 2.72. The van der Waals surface area contributed by atoms with Crippen molar-refractivity contribution < 1.29 is 4.52 Å². The van der Waals surface area contributed by atoms with Gasteiger partial charge in [0, 0.05) is 19.6 Å². The van der Waals surface area contributed by atoms with Crippen LogP contribution in [0.4, 0.5) is 0 Å². The predicted octanol–water partition coefficient (Wildman–Crippen LogP) is 1.48. The van der Waals surface area contributed by atoms with Gasteiger partial charge in [-0.1, -0.05) is 30.3 Å². The van der Waals surface area contributed by atoms with Crippen LogP contribution >= 0.6 is 0 Å². The lowest BCUT2D eigenvalue weighted by Crippen LogP contribution is -2.17. The third-order valence-electron chi connectivity index (χ3n) is 2.89. The molecule has 2 aromatic rings. The average molecular weight is 216 g/mol. The minimum absolute atomic E-state index is 0.231. The molecule has 2 heterocycles. The first-order valence-electron chi connectivity index (χ1n) is 5.28. The van der Waals surface area contributed by atoms with Crippen molar-refractivity contribution >= 4 is 0 Å². The van der Waals surface area contributed by atoms with Gasteiger partial charge in [-0.2, -0.15) is 0 Å². The largest absolute Gasteiger partial charge is 0.362 e. The molecule has 1 aliphatic heterocycles. The summed E-state index contributed by atoms with van der Waals surface area (Å²) < 4.78 is 4.73. The fourth-order valence-corrected chi connectivity index (χ4v) is 2.10. The van der Waals surface area contributed by atoms with E-state index >= 15 is 0 Å². The summed E-state index contributed by atoms with van der Waals surface area (Å²) in [6.45, 7) is 2.30. The predicted molar refractivity (Wildman–Crippen MR) is 58.7 cm³/mol. The van der Waals surface area contributed by atoms with Crippen molar-refractivity contribution in [3.8, 4) is 0 Å². The second kappa shape index (κ2) is 3.64. The van der Waals surface area contributed by atoms with Crippen molar-refractivity contribution in [1.29, 1.82) is 0 Å². The van der Waals surface area contributed by atoms with Crippen molar-refractivity contribution in [2.24, 2.45) is 0 Å². The maximum atomic E-state index is 11.3. The lowest BCUT2D eigenvalue weighted by atomic mass is 10.2. The number of fused-ring (bicyclic) bond motifs is 1. The van der Waals surface area contributed by atoms with Crippen LogP contribution in [0.3, 0.4) is 0 Å². The van der Waals surface area contributed by atoms with Gasteiger partial charge >= 0.3 is 5.63 Å². The van der Waals surface area contributed by atoms with Crippen molar-refractivity contribution in [2.45, 2.75) is 19.6 Å². The van der Waals surface area contributed by atoms with Gasteiger partial charge in [0.1, 0.15) is 0 Å². The Morgan fingerprint density at radius 3 is 2.81 bits per heavy atom. The molecular weight excluding hydrogens is 204 g/mol. The summed E-state index contributed by atoms with van der Waals surface area (Å²) in [4.78, 5) is 13.5. The van der Waals surface area contributed by atoms with E-state index in [1.54, 1.807) is 0 Å². The molecule has 4 heteroatoms. The molecule has 1 aromatic heterocycles. The van der Waals surface area contributed by atoms with Crippen LogP contribution in [-0.2, 0) is 19.6 Å². The third kappa shape index (κ3) is 1.57. The van der Waals surface area contributed by atoms with Crippen LogP contribution in [0.25, 0.3) is 0 Å². The van der Waals surface area contributed by atoms with Gasteiger partial charge < -0.3 is 4.52 Å². The SMILES string of the molecule is O=c1o[nH]c2c1CN(Cc1ccccc1)C2. The number of H-pyrrole nitrogens is 1. The number of hydrogen-bond donors (Lipinski definition) is 1. The molecule has 0 saturated heterocycles. The Balaban J connectivity index is 1.75. The summed E-state index contributed by atoms with van der Waals surface area (Å²) in [5.74, 6) is 0. The Kier molecular flexibility index (Phi) is 2.15. The second-order valence-electron chi connectivity index (χ2n) is 4.08. The highest BCUT2D eigenvalue weighted by Crippen LogP contribution is 2.19. The Bertz CT molecular complexity index is 542. The van der Waals surface area contributed by atoms with Crippen LogP contribution in [0.2, 0.25) is 0 Å².